The molecule has 0 fully saturated rings. The van der Waals surface area contributed by atoms with Gasteiger partial charge in [-0.05, 0) is 37.3 Å². The lowest BCUT2D eigenvalue weighted by molar-refractivity contribution is -0.123. The molecule has 0 unspecified atom stereocenters. The highest BCUT2D eigenvalue weighted by Gasteiger charge is 2.20. The highest BCUT2D eigenvalue weighted by atomic mass is 19.1. The van der Waals surface area contributed by atoms with Crippen molar-refractivity contribution < 1.29 is 23.1 Å². The summed E-state index contributed by atoms with van der Waals surface area (Å²) in [7, 11) is 0. The molecule has 26 heavy (non-hydrogen) atoms. The SMILES string of the molecule is C[C@@H](OC(=O)c1ccc2nccnc2c1)C(=O)Nc1ccc(F)cc1F. The van der Waals surface area contributed by atoms with Crippen LogP contribution in [0.15, 0.2) is 48.8 Å². The van der Waals surface area contributed by atoms with Gasteiger partial charge in [-0.25, -0.2) is 13.6 Å². The Morgan fingerprint density at radius 2 is 1.77 bits per heavy atom. The van der Waals surface area contributed by atoms with Gasteiger partial charge in [-0.1, -0.05) is 0 Å². The van der Waals surface area contributed by atoms with Gasteiger partial charge in [0.2, 0.25) is 0 Å². The van der Waals surface area contributed by atoms with E-state index in [4.69, 9.17) is 4.74 Å². The Bertz CT molecular complexity index is 994. The zero-order valence-electron chi connectivity index (χ0n) is 13.6. The second-order valence-electron chi connectivity index (χ2n) is 5.42. The van der Waals surface area contributed by atoms with Crippen LogP contribution >= 0.6 is 0 Å². The maximum atomic E-state index is 13.6. The summed E-state index contributed by atoms with van der Waals surface area (Å²) in [6.07, 6.45) is 1.83. The molecule has 0 aliphatic carbocycles. The number of aromatic nitrogens is 2. The van der Waals surface area contributed by atoms with Gasteiger partial charge in [0, 0.05) is 18.5 Å². The van der Waals surface area contributed by atoms with E-state index in [9.17, 15) is 18.4 Å². The van der Waals surface area contributed by atoms with Crippen LogP contribution in [0.1, 0.15) is 17.3 Å². The summed E-state index contributed by atoms with van der Waals surface area (Å²) in [5.74, 6) is -3.17. The summed E-state index contributed by atoms with van der Waals surface area (Å²) in [4.78, 5) is 32.4. The number of nitrogens with zero attached hydrogens (tertiary/aromatic N) is 2. The smallest absolute Gasteiger partial charge is 0.338 e. The Kier molecular flexibility index (Phi) is 4.83. The molecule has 8 heteroatoms. The van der Waals surface area contributed by atoms with E-state index >= 15 is 0 Å². The fourth-order valence-corrected chi connectivity index (χ4v) is 2.20. The first-order chi connectivity index (χ1) is 12.4. The summed E-state index contributed by atoms with van der Waals surface area (Å²) in [5.41, 5.74) is 1.11. The predicted octanol–water partition coefficient (Wildman–Crippen LogP) is 3.09. The maximum absolute atomic E-state index is 13.6. The first kappa shape index (κ1) is 17.4. The molecule has 132 valence electrons. The number of amides is 1. The average molecular weight is 357 g/mol. The molecular formula is C18H13F2N3O3. The number of carbonyl (C=O) groups is 2. The molecule has 2 aromatic carbocycles. The summed E-state index contributed by atoms with van der Waals surface area (Å²) < 4.78 is 31.5. The Labute approximate surface area is 146 Å². The van der Waals surface area contributed by atoms with E-state index in [1.165, 1.54) is 31.5 Å². The Morgan fingerprint density at radius 3 is 2.50 bits per heavy atom. The van der Waals surface area contributed by atoms with Crippen LogP contribution < -0.4 is 5.32 Å². The molecule has 1 N–H and O–H groups in total. The Morgan fingerprint density at radius 1 is 1.04 bits per heavy atom. The number of hydrogen-bond acceptors (Lipinski definition) is 5. The number of halogens is 2. The molecule has 1 aromatic heterocycles. The third-order valence-corrected chi connectivity index (χ3v) is 3.55. The number of esters is 1. The highest BCUT2D eigenvalue weighted by Crippen LogP contribution is 2.16. The Hall–Kier alpha value is -3.42. The molecule has 0 saturated heterocycles. The topological polar surface area (TPSA) is 81.2 Å². The van der Waals surface area contributed by atoms with Crippen molar-refractivity contribution in [2.75, 3.05) is 5.32 Å². The molecule has 0 aliphatic rings. The van der Waals surface area contributed by atoms with E-state index < -0.39 is 29.6 Å². The summed E-state index contributed by atoms with van der Waals surface area (Å²) in [6.45, 7) is 1.34. The zero-order valence-corrected chi connectivity index (χ0v) is 13.6. The number of nitrogens with one attached hydrogen (secondary N) is 1. The maximum Gasteiger partial charge on any atom is 0.338 e. The van der Waals surface area contributed by atoms with Gasteiger partial charge in [-0.2, -0.15) is 0 Å². The third-order valence-electron chi connectivity index (χ3n) is 3.55. The second-order valence-corrected chi connectivity index (χ2v) is 5.42. The predicted molar refractivity (Wildman–Crippen MR) is 89.4 cm³/mol. The molecule has 0 aliphatic heterocycles. The van der Waals surface area contributed by atoms with Crippen LogP contribution in [0.3, 0.4) is 0 Å². The van der Waals surface area contributed by atoms with Gasteiger partial charge in [0.15, 0.2) is 6.10 Å². The lowest BCUT2D eigenvalue weighted by Crippen LogP contribution is -2.30. The number of carbonyl (C=O) groups excluding carboxylic acids is 2. The van der Waals surface area contributed by atoms with Crippen molar-refractivity contribution in [1.29, 1.82) is 0 Å². The lowest BCUT2D eigenvalue weighted by Gasteiger charge is -2.14. The number of hydrogen-bond donors (Lipinski definition) is 1. The second kappa shape index (κ2) is 7.22. The minimum absolute atomic E-state index is 0.200. The molecule has 6 nitrogen and oxygen atoms in total. The van der Waals surface area contributed by atoms with Crippen molar-refractivity contribution in [3.8, 4) is 0 Å². The zero-order chi connectivity index (χ0) is 18.7. The number of anilines is 1. The van der Waals surface area contributed by atoms with Crippen LogP contribution in [-0.4, -0.2) is 27.9 Å². The van der Waals surface area contributed by atoms with E-state index in [1.807, 2.05) is 0 Å². The summed E-state index contributed by atoms with van der Waals surface area (Å²) >= 11 is 0. The molecular weight excluding hydrogens is 344 g/mol. The standard InChI is InChI=1S/C18H13F2N3O3/c1-10(17(24)23-14-5-3-12(19)9-13(14)20)26-18(25)11-2-4-15-16(8-11)22-7-6-21-15/h2-10H,1H3,(H,23,24)/t10-/m1/s1. The monoisotopic (exact) mass is 357 g/mol. The van der Waals surface area contributed by atoms with Gasteiger partial charge in [0.05, 0.1) is 22.3 Å². The molecule has 0 bridgehead atoms. The first-order valence-corrected chi connectivity index (χ1v) is 7.62. The Balaban J connectivity index is 1.68. The van der Waals surface area contributed by atoms with Crippen molar-refractivity contribution >= 4 is 28.6 Å². The number of benzene rings is 2. The fraction of sp³-hybridized carbons (Fsp3) is 0.111. The largest absolute Gasteiger partial charge is 0.449 e. The minimum atomic E-state index is -1.19. The highest BCUT2D eigenvalue weighted by molar-refractivity contribution is 5.98. The van der Waals surface area contributed by atoms with Gasteiger partial charge in [-0.3, -0.25) is 14.8 Å². The van der Waals surface area contributed by atoms with E-state index in [-0.39, 0.29) is 11.3 Å². The average Bonchev–Trinajstić information content (AvgIpc) is 2.63. The molecule has 0 spiro atoms. The quantitative estimate of drug-likeness (QED) is 0.726. The first-order valence-electron chi connectivity index (χ1n) is 7.62. The third kappa shape index (κ3) is 3.80. The van der Waals surface area contributed by atoms with Gasteiger partial charge < -0.3 is 10.1 Å². The van der Waals surface area contributed by atoms with Gasteiger partial charge in [-0.15, -0.1) is 0 Å². The van der Waals surface area contributed by atoms with Crippen LogP contribution in [0.5, 0.6) is 0 Å². The molecule has 3 rings (SSSR count). The van der Waals surface area contributed by atoms with Crippen LogP contribution in [0, 0.1) is 11.6 Å². The van der Waals surface area contributed by atoms with Crippen LogP contribution in [-0.2, 0) is 9.53 Å². The van der Waals surface area contributed by atoms with E-state index in [2.05, 4.69) is 15.3 Å². The van der Waals surface area contributed by atoms with Crippen LogP contribution in [0.2, 0.25) is 0 Å². The number of fused-ring (bicyclic) bond motifs is 1. The summed E-state index contributed by atoms with van der Waals surface area (Å²) in [6, 6.07) is 7.34. The van der Waals surface area contributed by atoms with Crippen molar-refractivity contribution in [3.63, 3.8) is 0 Å². The number of ether oxygens (including phenoxy) is 1. The molecule has 1 amide bonds. The van der Waals surface area contributed by atoms with Crippen molar-refractivity contribution in [3.05, 3.63) is 66.0 Å². The molecule has 1 atom stereocenters. The van der Waals surface area contributed by atoms with Crippen LogP contribution in [0.4, 0.5) is 14.5 Å². The minimum Gasteiger partial charge on any atom is -0.449 e. The van der Waals surface area contributed by atoms with E-state index in [1.54, 1.807) is 6.07 Å². The van der Waals surface area contributed by atoms with Crippen molar-refractivity contribution in [2.24, 2.45) is 0 Å². The van der Waals surface area contributed by atoms with Gasteiger partial charge >= 0.3 is 5.97 Å². The van der Waals surface area contributed by atoms with Crippen molar-refractivity contribution in [1.82, 2.24) is 9.97 Å². The van der Waals surface area contributed by atoms with E-state index in [0.29, 0.717) is 17.1 Å². The molecule has 0 radical (unpaired) electrons. The summed E-state index contributed by atoms with van der Waals surface area (Å²) in [5, 5.41) is 2.24. The van der Waals surface area contributed by atoms with Crippen molar-refractivity contribution in [2.45, 2.75) is 13.0 Å². The molecule has 0 saturated carbocycles. The normalized spacial score (nSPS) is 11.8. The van der Waals surface area contributed by atoms with Gasteiger partial charge in [0.1, 0.15) is 11.6 Å². The fourth-order valence-electron chi connectivity index (χ4n) is 2.20. The lowest BCUT2D eigenvalue weighted by atomic mass is 10.2. The molecule has 1 heterocycles. The number of rotatable bonds is 4. The molecule has 3 aromatic rings. The van der Waals surface area contributed by atoms with Crippen LogP contribution in [0.25, 0.3) is 11.0 Å². The van der Waals surface area contributed by atoms with E-state index in [0.717, 1.165) is 12.1 Å². The van der Waals surface area contributed by atoms with Gasteiger partial charge in [0.25, 0.3) is 5.91 Å².